The molecule has 2 heterocycles. The van der Waals surface area contributed by atoms with E-state index in [1.807, 2.05) is 11.0 Å². The summed E-state index contributed by atoms with van der Waals surface area (Å²) in [4.78, 5) is 14.7. The zero-order valence-electron chi connectivity index (χ0n) is 10.7. The summed E-state index contributed by atoms with van der Waals surface area (Å²) in [5.41, 5.74) is 1.88. The summed E-state index contributed by atoms with van der Waals surface area (Å²) in [6.07, 6.45) is 2.08. The maximum Gasteiger partial charge on any atom is 0.254 e. The number of carbonyl (C=O) groups is 1. The Morgan fingerprint density at radius 1 is 1.40 bits per heavy atom. The van der Waals surface area contributed by atoms with E-state index < -0.39 is 0 Å². The second-order valence-electron chi connectivity index (χ2n) is 4.87. The Morgan fingerprint density at radius 2 is 2.25 bits per heavy atom. The minimum atomic E-state index is 0.0573. The third kappa shape index (κ3) is 2.78. The predicted octanol–water partition coefficient (Wildman–Crippen LogP) is 5.14. The highest BCUT2D eigenvalue weighted by Gasteiger charge is 2.30. The van der Waals surface area contributed by atoms with Crippen LogP contribution in [0.5, 0.6) is 0 Å². The Morgan fingerprint density at radius 3 is 2.95 bits per heavy atom. The minimum Gasteiger partial charge on any atom is -0.332 e. The van der Waals surface area contributed by atoms with Gasteiger partial charge in [0, 0.05) is 21.6 Å². The van der Waals surface area contributed by atoms with Gasteiger partial charge in [-0.05, 0) is 53.4 Å². The smallest absolute Gasteiger partial charge is 0.254 e. The van der Waals surface area contributed by atoms with Crippen LogP contribution in [-0.4, -0.2) is 17.4 Å². The maximum atomic E-state index is 12.7. The van der Waals surface area contributed by atoms with Gasteiger partial charge in [0.05, 0.1) is 6.04 Å². The van der Waals surface area contributed by atoms with Crippen molar-refractivity contribution in [1.82, 2.24) is 4.90 Å². The van der Waals surface area contributed by atoms with E-state index in [1.165, 1.54) is 5.56 Å². The van der Waals surface area contributed by atoms with Gasteiger partial charge in [0.2, 0.25) is 0 Å². The first-order valence-electron chi connectivity index (χ1n) is 6.44. The Balaban J connectivity index is 1.89. The van der Waals surface area contributed by atoms with Crippen LogP contribution >= 0.6 is 38.9 Å². The third-order valence-electron chi connectivity index (χ3n) is 3.55. The van der Waals surface area contributed by atoms with Crippen molar-refractivity contribution in [2.75, 3.05) is 6.54 Å². The molecule has 0 aliphatic carbocycles. The number of nitrogens with zero attached hydrogens (tertiary/aromatic N) is 1. The molecule has 2 aromatic rings. The number of carbonyl (C=O) groups excluding carboxylic acids is 1. The zero-order chi connectivity index (χ0) is 14.1. The second kappa shape index (κ2) is 5.88. The number of benzene rings is 1. The highest BCUT2D eigenvalue weighted by molar-refractivity contribution is 9.10. The van der Waals surface area contributed by atoms with E-state index in [4.69, 9.17) is 11.6 Å². The van der Waals surface area contributed by atoms with E-state index in [2.05, 4.69) is 32.8 Å². The monoisotopic (exact) mass is 369 g/mol. The van der Waals surface area contributed by atoms with E-state index in [0.29, 0.717) is 10.6 Å². The number of amides is 1. The molecule has 0 N–H and O–H groups in total. The lowest BCUT2D eigenvalue weighted by atomic mass is 10.1. The Bertz CT molecular complexity index is 609. The van der Waals surface area contributed by atoms with Crippen molar-refractivity contribution in [3.8, 4) is 0 Å². The molecule has 1 amide bonds. The molecule has 0 saturated carbocycles. The summed E-state index contributed by atoms with van der Waals surface area (Å²) in [7, 11) is 0. The average molecular weight is 371 g/mol. The van der Waals surface area contributed by atoms with Crippen LogP contribution in [0.25, 0.3) is 0 Å². The predicted molar refractivity (Wildman–Crippen MR) is 86.5 cm³/mol. The van der Waals surface area contributed by atoms with Gasteiger partial charge in [-0.1, -0.05) is 27.5 Å². The molecular weight excluding hydrogens is 358 g/mol. The molecule has 1 fully saturated rings. The summed E-state index contributed by atoms with van der Waals surface area (Å²) >= 11 is 11.1. The third-order valence-corrected chi connectivity index (χ3v) is 4.93. The molecule has 1 aromatic heterocycles. The lowest BCUT2D eigenvalue weighted by Crippen LogP contribution is -2.30. The number of rotatable bonds is 2. The SMILES string of the molecule is O=C(c1cc(Cl)cc(Br)c1)N1CCCC1c1ccsc1. The lowest BCUT2D eigenvalue weighted by Gasteiger charge is -2.24. The van der Waals surface area contributed by atoms with Gasteiger partial charge < -0.3 is 4.90 Å². The first kappa shape index (κ1) is 14.1. The van der Waals surface area contributed by atoms with Crippen molar-refractivity contribution in [2.24, 2.45) is 0 Å². The van der Waals surface area contributed by atoms with Crippen molar-refractivity contribution in [3.63, 3.8) is 0 Å². The van der Waals surface area contributed by atoms with Crippen LogP contribution < -0.4 is 0 Å². The highest BCUT2D eigenvalue weighted by atomic mass is 79.9. The first-order valence-corrected chi connectivity index (χ1v) is 8.55. The van der Waals surface area contributed by atoms with E-state index in [1.54, 1.807) is 23.5 Å². The normalized spacial score (nSPS) is 18.5. The van der Waals surface area contributed by atoms with Crippen LogP contribution in [0, 0.1) is 0 Å². The van der Waals surface area contributed by atoms with Crippen LogP contribution in [0.4, 0.5) is 0 Å². The number of hydrogen-bond donors (Lipinski definition) is 0. The van der Waals surface area contributed by atoms with Crippen LogP contribution in [0.3, 0.4) is 0 Å². The first-order chi connectivity index (χ1) is 9.65. The van der Waals surface area contributed by atoms with Crippen molar-refractivity contribution < 1.29 is 4.79 Å². The van der Waals surface area contributed by atoms with Gasteiger partial charge in [-0.2, -0.15) is 11.3 Å². The van der Waals surface area contributed by atoms with Crippen molar-refractivity contribution in [1.29, 1.82) is 0 Å². The fraction of sp³-hybridized carbons (Fsp3) is 0.267. The van der Waals surface area contributed by atoms with Gasteiger partial charge in [0.15, 0.2) is 0 Å². The van der Waals surface area contributed by atoms with Gasteiger partial charge >= 0.3 is 0 Å². The molecule has 1 aromatic carbocycles. The summed E-state index contributed by atoms with van der Waals surface area (Å²) < 4.78 is 0.833. The molecule has 3 rings (SSSR count). The van der Waals surface area contributed by atoms with Gasteiger partial charge in [0.1, 0.15) is 0 Å². The largest absolute Gasteiger partial charge is 0.332 e. The van der Waals surface area contributed by atoms with Crippen LogP contribution in [0.1, 0.15) is 34.8 Å². The molecule has 1 atom stereocenters. The average Bonchev–Trinajstić information content (AvgIpc) is 3.07. The molecule has 2 nitrogen and oxygen atoms in total. The molecule has 104 valence electrons. The number of hydrogen-bond acceptors (Lipinski definition) is 2. The molecular formula is C15H13BrClNOS. The number of halogens is 2. The van der Waals surface area contributed by atoms with E-state index in [0.717, 1.165) is 23.9 Å². The van der Waals surface area contributed by atoms with Crippen LogP contribution in [-0.2, 0) is 0 Å². The molecule has 5 heteroatoms. The molecule has 1 unspecified atom stereocenters. The van der Waals surface area contributed by atoms with Gasteiger partial charge in [-0.15, -0.1) is 0 Å². The molecule has 0 bridgehead atoms. The summed E-state index contributed by atoms with van der Waals surface area (Å²) in [5, 5.41) is 4.77. The number of likely N-dealkylation sites (tertiary alicyclic amines) is 1. The van der Waals surface area contributed by atoms with Gasteiger partial charge in [0.25, 0.3) is 5.91 Å². The highest BCUT2D eigenvalue weighted by Crippen LogP contribution is 2.34. The zero-order valence-corrected chi connectivity index (χ0v) is 13.8. The quantitative estimate of drug-likeness (QED) is 0.716. The van der Waals surface area contributed by atoms with E-state index in [-0.39, 0.29) is 11.9 Å². The molecule has 1 aliphatic rings. The fourth-order valence-corrected chi connectivity index (χ4v) is 4.23. The Labute approximate surface area is 135 Å². The fourth-order valence-electron chi connectivity index (χ4n) is 2.66. The van der Waals surface area contributed by atoms with Gasteiger partial charge in [-0.3, -0.25) is 4.79 Å². The van der Waals surface area contributed by atoms with Crippen LogP contribution in [0.2, 0.25) is 5.02 Å². The van der Waals surface area contributed by atoms with Crippen molar-refractivity contribution in [2.45, 2.75) is 18.9 Å². The minimum absolute atomic E-state index is 0.0573. The van der Waals surface area contributed by atoms with Crippen LogP contribution in [0.15, 0.2) is 39.5 Å². The molecule has 0 radical (unpaired) electrons. The summed E-state index contributed by atoms with van der Waals surface area (Å²) in [6, 6.07) is 7.66. The Hall–Kier alpha value is -0.840. The number of thiophene rings is 1. The summed E-state index contributed by atoms with van der Waals surface area (Å²) in [6.45, 7) is 0.809. The van der Waals surface area contributed by atoms with Crippen molar-refractivity contribution >= 4 is 44.8 Å². The Kier molecular flexibility index (Phi) is 4.15. The molecule has 20 heavy (non-hydrogen) atoms. The summed E-state index contributed by atoms with van der Waals surface area (Å²) in [5.74, 6) is 0.0573. The van der Waals surface area contributed by atoms with E-state index in [9.17, 15) is 4.79 Å². The molecule has 0 spiro atoms. The molecule has 1 aliphatic heterocycles. The second-order valence-corrected chi connectivity index (χ2v) is 7.00. The molecule has 1 saturated heterocycles. The van der Waals surface area contributed by atoms with E-state index >= 15 is 0 Å². The van der Waals surface area contributed by atoms with Gasteiger partial charge in [-0.25, -0.2) is 0 Å². The standard InChI is InChI=1S/C15H13BrClNOS/c16-12-6-11(7-13(17)8-12)15(19)18-4-1-2-14(18)10-3-5-20-9-10/h3,5-9,14H,1-2,4H2. The maximum absolute atomic E-state index is 12.7. The van der Waals surface area contributed by atoms with Crippen molar-refractivity contribution in [3.05, 3.63) is 55.6 Å². The lowest BCUT2D eigenvalue weighted by molar-refractivity contribution is 0.0736. The topological polar surface area (TPSA) is 20.3 Å².